The van der Waals surface area contributed by atoms with Crippen molar-refractivity contribution in [3.63, 3.8) is 0 Å². The molecule has 4 aromatic rings. The fourth-order valence-electron chi connectivity index (χ4n) is 3.05. The Balaban J connectivity index is 0.00000210. The van der Waals surface area contributed by atoms with Gasteiger partial charge in [-0.3, -0.25) is 9.78 Å². The Morgan fingerprint density at radius 2 is 1.78 bits per heavy atom. The van der Waals surface area contributed by atoms with Crippen LogP contribution in [0.4, 0.5) is 13.2 Å². The van der Waals surface area contributed by atoms with Gasteiger partial charge >= 0.3 is 6.18 Å². The Kier molecular flexibility index (Phi) is 4.88. The van der Waals surface area contributed by atoms with E-state index in [4.69, 9.17) is 11.6 Å². The zero-order valence-electron chi connectivity index (χ0n) is 13.5. The molecule has 0 saturated carbocycles. The van der Waals surface area contributed by atoms with Gasteiger partial charge in [-0.1, -0.05) is 18.2 Å². The van der Waals surface area contributed by atoms with Crippen LogP contribution in [0.1, 0.15) is 15.9 Å². The van der Waals surface area contributed by atoms with Gasteiger partial charge in [0.2, 0.25) is 0 Å². The van der Waals surface area contributed by atoms with Crippen LogP contribution in [-0.4, -0.2) is 14.8 Å². The predicted molar refractivity (Wildman–Crippen MR) is 101 cm³/mol. The maximum absolute atomic E-state index is 13.1. The number of pyridine rings is 1. The van der Waals surface area contributed by atoms with Crippen molar-refractivity contribution < 1.29 is 18.0 Å². The zero-order chi connectivity index (χ0) is 18.5. The van der Waals surface area contributed by atoms with Gasteiger partial charge in [-0.15, -0.1) is 12.4 Å². The van der Waals surface area contributed by atoms with E-state index in [-0.39, 0.29) is 12.4 Å². The number of hydrogen-bond acceptors (Lipinski definition) is 2. The summed E-state index contributed by atoms with van der Waals surface area (Å²) in [6, 6.07) is 12.1. The lowest BCUT2D eigenvalue weighted by Gasteiger charge is -2.12. The minimum Gasteiger partial charge on any atom is -0.315 e. The summed E-state index contributed by atoms with van der Waals surface area (Å²) >= 11 is 5.67. The number of nitrogens with zero attached hydrogens (tertiary/aromatic N) is 2. The van der Waals surface area contributed by atoms with E-state index in [9.17, 15) is 18.0 Å². The van der Waals surface area contributed by atoms with Crippen molar-refractivity contribution in [3.05, 3.63) is 72.1 Å². The van der Waals surface area contributed by atoms with Gasteiger partial charge in [0, 0.05) is 23.2 Å². The molecule has 2 aromatic carbocycles. The summed E-state index contributed by atoms with van der Waals surface area (Å²) in [7, 11) is 0. The SMILES string of the molecule is Cl.O=C(Cl)c1cn(-c2ccnc3ccc(C(F)(F)F)cc23)c2ccccc12. The first-order valence-electron chi connectivity index (χ1n) is 7.62. The van der Waals surface area contributed by atoms with E-state index in [0.717, 1.165) is 12.1 Å². The number of carbonyl (C=O) groups excluding carboxylic acids is 1. The molecular formula is C19H11Cl2F3N2O. The number of rotatable bonds is 2. The van der Waals surface area contributed by atoms with Crippen molar-refractivity contribution in [2.75, 3.05) is 0 Å². The minimum absolute atomic E-state index is 0. The van der Waals surface area contributed by atoms with Gasteiger partial charge in [-0.05, 0) is 41.9 Å². The number of aromatic nitrogens is 2. The lowest BCUT2D eigenvalue weighted by molar-refractivity contribution is -0.137. The molecule has 0 aliphatic heterocycles. The maximum Gasteiger partial charge on any atom is 0.416 e. The molecule has 0 aliphatic carbocycles. The first-order valence-corrected chi connectivity index (χ1v) is 8.00. The number of fused-ring (bicyclic) bond motifs is 2. The Morgan fingerprint density at radius 1 is 1.04 bits per heavy atom. The van der Waals surface area contributed by atoms with Crippen LogP contribution < -0.4 is 0 Å². The molecule has 0 unspecified atom stereocenters. The number of halogens is 5. The van der Waals surface area contributed by atoms with Crippen LogP contribution in [0.5, 0.6) is 0 Å². The van der Waals surface area contributed by atoms with E-state index in [2.05, 4.69) is 4.98 Å². The van der Waals surface area contributed by atoms with Crippen LogP contribution in [0.2, 0.25) is 0 Å². The third-order valence-electron chi connectivity index (χ3n) is 4.23. The molecule has 2 heterocycles. The van der Waals surface area contributed by atoms with Gasteiger partial charge in [0.05, 0.1) is 27.8 Å². The van der Waals surface area contributed by atoms with Crippen LogP contribution in [-0.2, 0) is 6.18 Å². The average molecular weight is 411 g/mol. The van der Waals surface area contributed by atoms with E-state index < -0.39 is 17.0 Å². The molecule has 27 heavy (non-hydrogen) atoms. The molecule has 8 heteroatoms. The Hall–Kier alpha value is -2.57. The van der Waals surface area contributed by atoms with E-state index in [1.165, 1.54) is 18.5 Å². The van der Waals surface area contributed by atoms with Gasteiger partial charge in [-0.25, -0.2) is 0 Å². The highest BCUT2D eigenvalue weighted by Crippen LogP contribution is 2.34. The van der Waals surface area contributed by atoms with Gasteiger partial charge in [0.15, 0.2) is 0 Å². The number of hydrogen-bond donors (Lipinski definition) is 0. The lowest BCUT2D eigenvalue weighted by Crippen LogP contribution is -2.05. The highest BCUT2D eigenvalue weighted by molar-refractivity contribution is 6.68. The van der Waals surface area contributed by atoms with Crippen molar-refractivity contribution >= 4 is 51.1 Å². The summed E-state index contributed by atoms with van der Waals surface area (Å²) in [5, 5.41) is 0.329. The summed E-state index contributed by atoms with van der Waals surface area (Å²) in [6.07, 6.45) is -1.41. The molecular weight excluding hydrogens is 400 g/mol. The maximum atomic E-state index is 13.1. The van der Waals surface area contributed by atoms with E-state index >= 15 is 0 Å². The fraction of sp³-hybridized carbons (Fsp3) is 0.0526. The van der Waals surface area contributed by atoms with Gasteiger partial charge in [0.25, 0.3) is 5.24 Å². The average Bonchev–Trinajstić information content (AvgIpc) is 3.00. The van der Waals surface area contributed by atoms with Crippen molar-refractivity contribution in [1.82, 2.24) is 9.55 Å². The predicted octanol–water partition coefficient (Wildman–Crippen LogP) is 6.00. The molecule has 2 aromatic heterocycles. The standard InChI is InChI=1S/C19H10ClF3N2O.ClH/c20-18(26)14-10-25(16-4-2-1-3-12(14)16)17-7-8-24-15-6-5-11(9-13(15)17)19(21,22)23;/h1-10H;1H. The van der Waals surface area contributed by atoms with E-state index in [1.807, 2.05) is 0 Å². The normalized spacial score (nSPS) is 11.6. The first kappa shape index (κ1) is 19.2. The van der Waals surface area contributed by atoms with Gasteiger partial charge < -0.3 is 4.57 Å². The molecule has 0 spiro atoms. The summed E-state index contributed by atoms with van der Waals surface area (Å²) in [5.41, 5.74) is 1.11. The topological polar surface area (TPSA) is 34.9 Å². The van der Waals surface area contributed by atoms with Crippen molar-refractivity contribution in [2.24, 2.45) is 0 Å². The van der Waals surface area contributed by atoms with Crippen molar-refractivity contribution in [2.45, 2.75) is 6.18 Å². The monoisotopic (exact) mass is 410 g/mol. The van der Waals surface area contributed by atoms with Crippen LogP contribution >= 0.6 is 24.0 Å². The third-order valence-corrected chi connectivity index (χ3v) is 4.43. The minimum atomic E-state index is -4.46. The van der Waals surface area contributed by atoms with Crippen molar-refractivity contribution in [1.29, 1.82) is 0 Å². The fourth-order valence-corrected chi connectivity index (χ4v) is 3.20. The quantitative estimate of drug-likeness (QED) is 0.380. The van der Waals surface area contributed by atoms with Crippen LogP contribution in [0.25, 0.3) is 27.5 Å². The first-order chi connectivity index (χ1) is 12.4. The van der Waals surface area contributed by atoms with Crippen molar-refractivity contribution in [3.8, 4) is 5.69 Å². The van der Waals surface area contributed by atoms with Crippen LogP contribution in [0.3, 0.4) is 0 Å². The largest absolute Gasteiger partial charge is 0.416 e. The highest BCUT2D eigenvalue weighted by Gasteiger charge is 2.30. The number of benzene rings is 2. The lowest BCUT2D eigenvalue weighted by atomic mass is 10.1. The Bertz CT molecular complexity index is 1170. The molecule has 138 valence electrons. The van der Waals surface area contributed by atoms with Gasteiger partial charge in [-0.2, -0.15) is 13.2 Å². The summed E-state index contributed by atoms with van der Waals surface area (Å²) in [5.74, 6) is 0. The van der Waals surface area contributed by atoms with Crippen LogP contribution in [0, 0.1) is 0 Å². The number of carbonyl (C=O) groups is 1. The molecule has 0 saturated heterocycles. The van der Waals surface area contributed by atoms with Gasteiger partial charge in [0.1, 0.15) is 0 Å². The summed E-state index contributed by atoms with van der Waals surface area (Å²) in [6.45, 7) is 0. The van der Waals surface area contributed by atoms with E-state index in [0.29, 0.717) is 33.1 Å². The summed E-state index contributed by atoms with van der Waals surface area (Å²) in [4.78, 5) is 15.9. The second kappa shape index (κ2) is 6.87. The molecule has 0 atom stereocenters. The summed E-state index contributed by atoms with van der Waals surface area (Å²) < 4.78 is 41.0. The highest BCUT2D eigenvalue weighted by atomic mass is 35.5. The molecule has 0 bridgehead atoms. The molecule has 0 N–H and O–H groups in total. The number of para-hydroxylation sites is 1. The second-order valence-electron chi connectivity index (χ2n) is 5.76. The van der Waals surface area contributed by atoms with Crippen LogP contribution in [0.15, 0.2) is 60.9 Å². The smallest absolute Gasteiger partial charge is 0.315 e. The molecule has 4 rings (SSSR count). The second-order valence-corrected chi connectivity index (χ2v) is 6.11. The molecule has 0 amide bonds. The molecule has 0 radical (unpaired) electrons. The van der Waals surface area contributed by atoms with E-state index in [1.54, 1.807) is 34.9 Å². The molecule has 0 aliphatic rings. The number of alkyl halides is 3. The molecule has 0 fully saturated rings. The molecule has 3 nitrogen and oxygen atoms in total. The Morgan fingerprint density at radius 3 is 2.48 bits per heavy atom. The Labute approximate surface area is 162 Å². The third kappa shape index (κ3) is 3.26. The zero-order valence-corrected chi connectivity index (χ0v) is 15.1.